The van der Waals surface area contributed by atoms with Crippen LogP contribution in [-0.2, 0) is 4.79 Å². The minimum absolute atomic E-state index is 0.000880. The number of carbonyl (C=O) groups is 1. The molecular formula is C13H19NO5. The fourth-order valence-corrected chi connectivity index (χ4v) is 1.65. The Bertz CT molecular complexity index is 421. The lowest BCUT2D eigenvalue weighted by molar-refractivity contribution is -0.139. The van der Waals surface area contributed by atoms with Gasteiger partial charge in [0.1, 0.15) is 6.04 Å². The van der Waals surface area contributed by atoms with Gasteiger partial charge in [-0.3, -0.25) is 4.79 Å². The molecule has 0 aliphatic rings. The van der Waals surface area contributed by atoms with Gasteiger partial charge in [0.25, 0.3) is 0 Å². The summed E-state index contributed by atoms with van der Waals surface area (Å²) in [5, 5.41) is 30.3. The van der Waals surface area contributed by atoms with Crippen LogP contribution in [-0.4, -0.2) is 41.0 Å². The number of aliphatic carboxylic acids is 1. The maximum atomic E-state index is 11.2. The molecule has 106 valence electrons. The average molecular weight is 269 g/mol. The van der Waals surface area contributed by atoms with Gasteiger partial charge in [-0.1, -0.05) is 6.07 Å². The number of carboxylic acid groups (broad SMARTS) is 1. The summed E-state index contributed by atoms with van der Waals surface area (Å²) in [6, 6.07) is 3.54. The largest absolute Gasteiger partial charge is 0.504 e. The fraction of sp³-hybridized carbons (Fsp3) is 0.462. The van der Waals surface area contributed by atoms with Crippen molar-refractivity contribution in [2.24, 2.45) is 0 Å². The SMILES string of the molecule is CCOc1cc(C(NCCCO)C(=O)O)ccc1O. The van der Waals surface area contributed by atoms with E-state index in [1.165, 1.54) is 18.2 Å². The van der Waals surface area contributed by atoms with Crippen LogP contribution in [0.3, 0.4) is 0 Å². The molecular weight excluding hydrogens is 250 g/mol. The first-order valence-electron chi connectivity index (χ1n) is 6.13. The molecule has 0 aliphatic heterocycles. The first kappa shape index (κ1) is 15.3. The van der Waals surface area contributed by atoms with Crippen molar-refractivity contribution in [1.82, 2.24) is 5.32 Å². The molecule has 1 aromatic carbocycles. The molecule has 0 aromatic heterocycles. The van der Waals surface area contributed by atoms with Crippen LogP contribution in [0.4, 0.5) is 0 Å². The van der Waals surface area contributed by atoms with E-state index in [0.29, 0.717) is 25.1 Å². The summed E-state index contributed by atoms with van der Waals surface area (Å²) in [7, 11) is 0. The van der Waals surface area contributed by atoms with Gasteiger partial charge in [0.05, 0.1) is 6.61 Å². The van der Waals surface area contributed by atoms with Crippen LogP contribution in [0.2, 0.25) is 0 Å². The molecule has 0 radical (unpaired) electrons. The van der Waals surface area contributed by atoms with Crippen molar-refractivity contribution in [3.05, 3.63) is 23.8 Å². The van der Waals surface area contributed by atoms with Crippen LogP contribution in [0.25, 0.3) is 0 Å². The first-order chi connectivity index (χ1) is 9.10. The minimum atomic E-state index is -1.02. The zero-order valence-electron chi connectivity index (χ0n) is 10.8. The number of phenols is 1. The third-order valence-corrected chi connectivity index (χ3v) is 2.55. The summed E-state index contributed by atoms with van der Waals surface area (Å²) in [5.41, 5.74) is 0.492. The van der Waals surface area contributed by atoms with Crippen molar-refractivity contribution in [3.63, 3.8) is 0 Å². The summed E-state index contributed by atoms with van der Waals surface area (Å²) >= 11 is 0. The van der Waals surface area contributed by atoms with Gasteiger partial charge >= 0.3 is 5.97 Å². The van der Waals surface area contributed by atoms with E-state index in [-0.39, 0.29) is 18.1 Å². The Kier molecular flexibility index (Phi) is 6.11. The number of hydrogen-bond acceptors (Lipinski definition) is 5. The number of carboxylic acids is 1. The van der Waals surface area contributed by atoms with E-state index in [2.05, 4.69) is 5.32 Å². The van der Waals surface area contributed by atoms with Crippen molar-refractivity contribution in [1.29, 1.82) is 0 Å². The summed E-state index contributed by atoms with van der Waals surface area (Å²) < 4.78 is 5.22. The van der Waals surface area contributed by atoms with Crippen molar-refractivity contribution in [2.45, 2.75) is 19.4 Å². The lowest BCUT2D eigenvalue weighted by Crippen LogP contribution is -2.29. The van der Waals surface area contributed by atoms with E-state index in [9.17, 15) is 15.0 Å². The van der Waals surface area contributed by atoms with E-state index in [4.69, 9.17) is 9.84 Å². The predicted octanol–water partition coefficient (Wildman–Crippen LogP) is 0.889. The third kappa shape index (κ3) is 4.42. The van der Waals surface area contributed by atoms with Gasteiger partial charge in [-0.2, -0.15) is 0 Å². The van der Waals surface area contributed by atoms with Crippen LogP contribution >= 0.6 is 0 Å². The number of aromatic hydroxyl groups is 1. The highest BCUT2D eigenvalue weighted by molar-refractivity contribution is 5.76. The molecule has 0 aliphatic carbocycles. The maximum absolute atomic E-state index is 11.2. The molecule has 0 bridgehead atoms. The van der Waals surface area contributed by atoms with Crippen molar-refractivity contribution in [2.75, 3.05) is 19.8 Å². The number of rotatable bonds is 8. The Labute approximate surface area is 111 Å². The second-order valence-corrected chi connectivity index (χ2v) is 3.96. The molecule has 1 aromatic rings. The standard InChI is InChI=1S/C13H19NO5/c1-2-19-11-8-9(4-5-10(11)16)12(13(17)18)14-6-3-7-15/h4-5,8,12,14-16H,2-3,6-7H2,1H3,(H,17,18). The summed E-state index contributed by atoms with van der Waals surface area (Å²) in [6.45, 7) is 2.55. The molecule has 0 saturated carbocycles. The van der Waals surface area contributed by atoms with Crippen LogP contribution in [0.15, 0.2) is 18.2 Å². The van der Waals surface area contributed by atoms with Crippen LogP contribution in [0, 0.1) is 0 Å². The number of aliphatic hydroxyl groups is 1. The smallest absolute Gasteiger partial charge is 0.325 e. The van der Waals surface area contributed by atoms with Gasteiger partial charge in [-0.05, 0) is 37.6 Å². The molecule has 0 heterocycles. The lowest BCUT2D eigenvalue weighted by Gasteiger charge is -2.16. The van der Waals surface area contributed by atoms with E-state index >= 15 is 0 Å². The highest BCUT2D eigenvalue weighted by atomic mass is 16.5. The molecule has 19 heavy (non-hydrogen) atoms. The third-order valence-electron chi connectivity index (χ3n) is 2.55. The van der Waals surface area contributed by atoms with Crippen molar-refractivity contribution < 1.29 is 24.9 Å². The number of phenolic OH excluding ortho intramolecular Hbond substituents is 1. The zero-order valence-corrected chi connectivity index (χ0v) is 10.8. The van der Waals surface area contributed by atoms with Gasteiger partial charge in [0, 0.05) is 6.61 Å². The van der Waals surface area contributed by atoms with Crippen LogP contribution in [0.5, 0.6) is 11.5 Å². The minimum Gasteiger partial charge on any atom is -0.504 e. The number of ether oxygens (including phenoxy) is 1. The van der Waals surface area contributed by atoms with Crippen molar-refractivity contribution in [3.8, 4) is 11.5 Å². The molecule has 1 atom stereocenters. The number of nitrogens with one attached hydrogen (secondary N) is 1. The Morgan fingerprint density at radius 2 is 2.21 bits per heavy atom. The lowest BCUT2D eigenvalue weighted by atomic mass is 10.1. The monoisotopic (exact) mass is 269 g/mol. The Hall–Kier alpha value is -1.79. The number of aliphatic hydroxyl groups excluding tert-OH is 1. The molecule has 1 unspecified atom stereocenters. The van der Waals surface area contributed by atoms with Crippen LogP contribution < -0.4 is 10.1 Å². The van der Waals surface area contributed by atoms with Gasteiger partial charge in [-0.25, -0.2) is 0 Å². The first-order valence-corrected chi connectivity index (χ1v) is 6.13. The average Bonchev–Trinajstić information content (AvgIpc) is 2.37. The quantitative estimate of drug-likeness (QED) is 0.523. The van der Waals surface area contributed by atoms with E-state index in [0.717, 1.165) is 0 Å². The highest BCUT2D eigenvalue weighted by Gasteiger charge is 2.20. The van der Waals surface area contributed by atoms with Crippen molar-refractivity contribution >= 4 is 5.97 Å². The Balaban J connectivity index is 2.89. The van der Waals surface area contributed by atoms with Crippen LogP contribution in [0.1, 0.15) is 24.9 Å². The summed E-state index contributed by atoms with van der Waals surface area (Å²) in [6.07, 6.45) is 0.472. The molecule has 0 fully saturated rings. The predicted molar refractivity (Wildman–Crippen MR) is 69.4 cm³/mol. The van der Waals surface area contributed by atoms with Gasteiger partial charge < -0.3 is 25.4 Å². The molecule has 1 rings (SSSR count). The van der Waals surface area contributed by atoms with E-state index in [1.807, 2.05) is 0 Å². The van der Waals surface area contributed by atoms with Gasteiger partial charge in [0.15, 0.2) is 11.5 Å². The molecule has 6 heteroatoms. The molecule has 0 saturated heterocycles. The fourth-order valence-electron chi connectivity index (χ4n) is 1.65. The second kappa shape index (κ2) is 7.60. The number of hydrogen-bond donors (Lipinski definition) is 4. The van der Waals surface area contributed by atoms with E-state index < -0.39 is 12.0 Å². The molecule has 0 amide bonds. The van der Waals surface area contributed by atoms with Gasteiger partial charge in [-0.15, -0.1) is 0 Å². The highest BCUT2D eigenvalue weighted by Crippen LogP contribution is 2.29. The van der Waals surface area contributed by atoms with E-state index in [1.54, 1.807) is 6.92 Å². The second-order valence-electron chi connectivity index (χ2n) is 3.96. The Morgan fingerprint density at radius 1 is 1.47 bits per heavy atom. The zero-order chi connectivity index (χ0) is 14.3. The molecule has 6 nitrogen and oxygen atoms in total. The maximum Gasteiger partial charge on any atom is 0.325 e. The number of benzene rings is 1. The summed E-state index contributed by atoms with van der Waals surface area (Å²) in [5.74, 6) is -0.786. The summed E-state index contributed by atoms with van der Waals surface area (Å²) in [4.78, 5) is 11.2. The molecule has 0 spiro atoms. The topological polar surface area (TPSA) is 99.0 Å². The normalized spacial score (nSPS) is 12.1. The van der Waals surface area contributed by atoms with Gasteiger partial charge in [0.2, 0.25) is 0 Å². The Morgan fingerprint density at radius 3 is 2.79 bits per heavy atom. The molecule has 4 N–H and O–H groups in total.